The molecule has 0 aliphatic carbocycles. The first-order chi connectivity index (χ1) is 7.15. The molecule has 90 valence electrons. The van der Waals surface area contributed by atoms with Gasteiger partial charge in [-0.2, -0.15) is 11.8 Å². The molecule has 0 aromatic carbocycles. The molecule has 1 fully saturated rings. The van der Waals surface area contributed by atoms with Crippen molar-refractivity contribution in [3.05, 3.63) is 0 Å². The SMILES string of the molecule is CSCC(C)N(C)CC1NCCCC1C. The van der Waals surface area contributed by atoms with E-state index in [1.165, 1.54) is 31.7 Å². The van der Waals surface area contributed by atoms with E-state index in [0.717, 1.165) is 5.92 Å². The van der Waals surface area contributed by atoms with E-state index in [1.807, 2.05) is 11.8 Å². The molecule has 1 aliphatic rings. The van der Waals surface area contributed by atoms with Gasteiger partial charge < -0.3 is 10.2 Å². The number of hydrogen-bond donors (Lipinski definition) is 1. The monoisotopic (exact) mass is 230 g/mol. The maximum absolute atomic E-state index is 3.65. The summed E-state index contributed by atoms with van der Waals surface area (Å²) in [5.74, 6) is 2.07. The van der Waals surface area contributed by atoms with Crippen LogP contribution in [-0.2, 0) is 0 Å². The van der Waals surface area contributed by atoms with Crippen LogP contribution in [0.15, 0.2) is 0 Å². The molecule has 1 N–H and O–H groups in total. The average Bonchev–Trinajstić information content (AvgIpc) is 2.21. The highest BCUT2D eigenvalue weighted by atomic mass is 32.2. The van der Waals surface area contributed by atoms with Crippen LogP contribution in [0.3, 0.4) is 0 Å². The molecule has 0 bridgehead atoms. The maximum Gasteiger partial charge on any atom is 0.0220 e. The molecule has 15 heavy (non-hydrogen) atoms. The molecule has 1 rings (SSSR count). The summed E-state index contributed by atoms with van der Waals surface area (Å²) in [6, 6.07) is 1.39. The summed E-state index contributed by atoms with van der Waals surface area (Å²) >= 11 is 1.94. The lowest BCUT2D eigenvalue weighted by Crippen LogP contribution is -2.49. The molecule has 0 saturated carbocycles. The van der Waals surface area contributed by atoms with Crippen molar-refractivity contribution in [3.63, 3.8) is 0 Å². The lowest BCUT2D eigenvalue weighted by atomic mass is 9.92. The smallest absolute Gasteiger partial charge is 0.0220 e. The van der Waals surface area contributed by atoms with Gasteiger partial charge in [0.2, 0.25) is 0 Å². The van der Waals surface area contributed by atoms with Gasteiger partial charge in [-0.05, 0) is 45.5 Å². The van der Waals surface area contributed by atoms with Crippen LogP contribution in [0.25, 0.3) is 0 Å². The normalized spacial score (nSPS) is 29.4. The first kappa shape index (κ1) is 13.3. The molecule has 3 heteroatoms. The zero-order valence-electron chi connectivity index (χ0n) is 10.6. The van der Waals surface area contributed by atoms with Gasteiger partial charge in [0.15, 0.2) is 0 Å². The van der Waals surface area contributed by atoms with E-state index in [0.29, 0.717) is 12.1 Å². The Morgan fingerprint density at radius 3 is 2.87 bits per heavy atom. The lowest BCUT2D eigenvalue weighted by Gasteiger charge is -2.35. The largest absolute Gasteiger partial charge is 0.312 e. The number of likely N-dealkylation sites (N-methyl/N-ethyl adjacent to an activating group) is 1. The van der Waals surface area contributed by atoms with E-state index < -0.39 is 0 Å². The third-order valence-corrected chi connectivity index (χ3v) is 4.39. The molecule has 0 radical (unpaired) electrons. The van der Waals surface area contributed by atoms with Crippen LogP contribution in [0.2, 0.25) is 0 Å². The van der Waals surface area contributed by atoms with E-state index in [-0.39, 0.29) is 0 Å². The van der Waals surface area contributed by atoms with E-state index in [2.05, 4.69) is 37.4 Å². The van der Waals surface area contributed by atoms with Crippen molar-refractivity contribution in [2.75, 3.05) is 32.1 Å². The zero-order chi connectivity index (χ0) is 11.3. The predicted molar refractivity (Wildman–Crippen MR) is 70.7 cm³/mol. The summed E-state index contributed by atoms with van der Waals surface area (Å²) in [5, 5.41) is 3.65. The Labute approximate surface area is 99.2 Å². The van der Waals surface area contributed by atoms with Crippen LogP contribution in [0.5, 0.6) is 0 Å². The molecule has 0 aromatic rings. The standard InChI is InChI=1S/C12H26N2S/c1-10-6-5-7-13-12(10)8-14(3)11(2)9-15-4/h10-13H,5-9H2,1-4H3. The lowest BCUT2D eigenvalue weighted by molar-refractivity contribution is 0.192. The molecular weight excluding hydrogens is 204 g/mol. The number of nitrogens with zero attached hydrogens (tertiary/aromatic N) is 1. The maximum atomic E-state index is 3.65. The van der Waals surface area contributed by atoms with E-state index >= 15 is 0 Å². The Morgan fingerprint density at radius 2 is 2.27 bits per heavy atom. The van der Waals surface area contributed by atoms with Gasteiger partial charge in [-0.25, -0.2) is 0 Å². The molecule has 3 unspecified atom stereocenters. The third-order valence-electron chi connectivity index (χ3n) is 3.57. The summed E-state index contributed by atoms with van der Waals surface area (Å²) in [4.78, 5) is 2.50. The second kappa shape index (κ2) is 6.77. The average molecular weight is 230 g/mol. The zero-order valence-corrected chi connectivity index (χ0v) is 11.4. The first-order valence-electron chi connectivity index (χ1n) is 6.07. The van der Waals surface area contributed by atoms with Gasteiger partial charge in [-0.15, -0.1) is 0 Å². The molecule has 3 atom stereocenters. The quantitative estimate of drug-likeness (QED) is 0.778. The number of rotatable bonds is 5. The van der Waals surface area contributed by atoms with Crippen molar-refractivity contribution < 1.29 is 0 Å². The van der Waals surface area contributed by atoms with Crippen molar-refractivity contribution in [2.24, 2.45) is 5.92 Å². The second-order valence-corrected chi connectivity index (χ2v) is 5.83. The Bertz CT molecular complexity index is 175. The summed E-state index contributed by atoms with van der Waals surface area (Å²) in [7, 11) is 2.25. The second-order valence-electron chi connectivity index (χ2n) is 4.92. The van der Waals surface area contributed by atoms with Gasteiger partial charge in [-0.3, -0.25) is 0 Å². The Hall–Kier alpha value is 0.270. The van der Waals surface area contributed by atoms with Crippen LogP contribution in [-0.4, -0.2) is 49.1 Å². The first-order valence-corrected chi connectivity index (χ1v) is 7.47. The minimum absolute atomic E-state index is 0.691. The summed E-state index contributed by atoms with van der Waals surface area (Å²) in [6.45, 7) is 7.11. The minimum Gasteiger partial charge on any atom is -0.312 e. The van der Waals surface area contributed by atoms with Gasteiger partial charge in [0.1, 0.15) is 0 Å². The highest BCUT2D eigenvalue weighted by Gasteiger charge is 2.23. The number of nitrogens with one attached hydrogen (secondary N) is 1. The highest BCUT2D eigenvalue weighted by molar-refractivity contribution is 7.98. The van der Waals surface area contributed by atoms with Crippen molar-refractivity contribution in [1.29, 1.82) is 0 Å². The van der Waals surface area contributed by atoms with Crippen LogP contribution in [0, 0.1) is 5.92 Å². The number of piperidine rings is 1. The van der Waals surface area contributed by atoms with E-state index in [4.69, 9.17) is 0 Å². The topological polar surface area (TPSA) is 15.3 Å². The van der Waals surface area contributed by atoms with Crippen molar-refractivity contribution >= 4 is 11.8 Å². The summed E-state index contributed by atoms with van der Waals surface area (Å²) in [5.41, 5.74) is 0. The molecular formula is C12H26N2S. The third kappa shape index (κ3) is 4.33. The van der Waals surface area contributed by atoms with Crippen molar-refractivity contribution in [3.8, 4) is 0 Å². The Morgan fingerprint density at radius 1 is 1.53 bits per heavy atom. The van der Waals surface area contributed by atoms with Crippen LogP contribution in [0.4, 0.5) is 0 Å². The summed E-state index contributed by atoms with van der Waals surface area (Å²) < 4.78 is 0. The van der Waals surface area contributed by atoms with Gasteiger partial charge in [0, 0.05) is 24.4 Å². The van der Waals surface area contributed by atoms with Crippen molar-refractivity contribution in [2.45, 2.75) is 38.8 Å². The fourth-order valence-corrected chi connectivity index (χ4v) is 2.95. The molecule has 0 spiro atoms. The van der Waals surface area contributed by atoms with Crippen LogP contribution in [0.1, 0.15) is 26.7 Å². The fourth-order valence-electron chi connectivity index (χ4n) is 2.22. The Kier molecular flexibility index (Phi) is 6.02. The highest BCUT2D eigenvalue weighted by Crippen LogP contribution is 2.17. The molecule has 0 aromatic heterocycles. The van der Waals surface area contributed by atoms with Crippen molar-refractivity contribution in [1.82, 2.24) is 10.2 Å². The molecule has 1 heterocycles. The summed E-state index contributed by atoms with van der Waals surface area (Å²) in [6.07, 6.45) is 4.93. The molecule has 2 nitrogen and oxygen atoms in total. The van der Waals surface area contributed by atoms with Gasteiger partial charge in [-0.1, -0.05) is 6.92 Å². The number of hydrogen-bond acceptors (Lipinski definition) is 3. The van der Waals surface area contributed by atoms with Gasteiger partial charge >= 0.3 is 0 Å². The fraction of sp³-hybridized carbons (Fsp3) is 1.00. The predicted octanol–water partition coefficient (Wildman–Crippen LogP) is 2.06. The van der Waals surface area contributed by atoms with Gasteiger partial charge in [0.05, 0.1) is 0 Å². The van der Waals surface area contributed by atoms with Crippen LogP contribution < -0.4 is 5.32 Å². The molecule has 1 aliphatic heterocycles. The van der Waals surface area contributed by atoms with Gasteiger partial charge in [0.25, 0.3) is 0 Å². The minimum atomic E-state index is 0.691. The van der Waals surface area contributed by atoms with Crippen LogP contribution >= 0.6 is 11.8 Å². The molecule has 0 amide bonds. The number of thioether (sulfide) groups is 1. The molecule has 1 saturated heterocycles. The Balaban J connectivity index is 2.32. The van der Waals surface area contributed by atoms with E-state index in [9.17, 15) is 0 Å². The van der Waals surface area contributed by atoms with E-state index in [1.54, 1.807) is 0 Å².